The van der Waals surface area contributed by atoms with Crippen molar-refractivity contribution in [1.82, 2.24) is 0 Å². The van der Waals surface area contributed by atoms with Gasteiger partial charge < -0.3 is 24.8 Å². The number of hydrogen-bond donors (Lipinski definition) is 0. The normalized spacial score (nSPS) is 16.9. The number of rotatable bonds is 6. The number of fused-ring (bicyclic) bond motifs is 2. The number of allylic oxidation sites excluding steroid dienone is 2. The molecule has 2 unspecified atom stereocenters. The van der Waals surface area contributed by atoms with E-state index in [4.69, 9.17) is 0 Å². The van der Waals surface area contributed by atoms with Crippen LogP contribution in [-0.4, -0.2) is 0 Å². The van der Waals surface area contributed by atoms with Gasteiger partial charge in [-0.05, 0) is 0 Å². The molecule has 0 bridgehead atoms. The molecular formula is C43H48Cl2Zr. The van der Waals surface area contributed by atoms with Gasteiger partial charge in [-0.25, -0.2) is 0 Å². The van der Waals surface area contributed by atoms with Crippen LogP contribution in [0.1, 0.15) is 109 Å². The average molecular weight is 727 g/mol. The van der Waals surface area contributed by atoms with Crippen LogP contribution in [0, 0.1) is 5.92 Å². The Kier molecular flexibility index (Phi) is 11.3. The van der Waals surface area contributed by atoms with E-state index in [-0.39, 0.29) is 35.6 Å². The van der Waals surface area contributed by atoms with E-state index in [1.165, 1.54) is 44.5 Å². The predicted molar refractivity (Wildman–Crippen MR) is 188 cm³/mol. The first kappa shape index (κ1) is 36.7. The van der Waals surface area contributed by atoms with Crippen LogP contribution in [0.15, 0.2) is 96.1 Å². The topological polar surface area (TPSA) is 0 Å². The van der Waals surface area contributed by atoms with Crippen molar-refractivity contribution >= 4 is 12.2 Å². The van der Waals surface area contributed by atoms with Crippen molar-refractivity contribution in [2.45, 2.75) is 86.8 Å². The maximum absolute atomic E-state index is 2.58. The van der Waals surface area contributed by atoms with Gasteiger partial charge in [0.25, 0.3) is 0 Å². The molecule has 4 aromatic rings. The third kappa shape index (κ3) is 6.99. The molecule has 0 amide bonds. The maximum Gasteiger partial charge on any atom is -1.00 e. The van der Waals surface area contributed by atoms with Gasteiger partial charge in [0.15, 0.2) is 0 Å². The van der Waals surface area contributed by atoms with E-state index in [1.54, 1.807) is 22.3 Å². The number of benzene rings is 4. The molecule has 0 saturated heterocycles. The molecule has 0 aliphatic heterocycles. The molecule has 0 radical (unpaired) electrons. The van der Waals surface area contributed by atoms with Gasteiger partial charge in [0, 0.05) is 0 Å². The Morgan fingerprint density at radius 1 is 0.587 bits per heavy atom. The zero-order chi connectivity index (χ0) is 31.4. The fraction of sp³-hybridized carbons (Fsp3) is 0.349. The van der Waals surface area contributed by atoms with Crippen LogP contribution in [-0.2, 0) is 34.1 Å². The summed E-state index contributed by atoms with van der Waals surface area (Å²) in [4.78, 5) is 0. The molecule has 2 aliphatic carbocycles. The first-order chi connectivity index (χ1) is 20.9. The molecule has 0 N–H and O–H groups in total. The van der Waals surface area contributed by atoms with E-state index in [2.05, 4.69) is 159 Å². The van der Waals surface area contributed by atoms with E-state index in [9.17, 15) is 0 Å². The minimum absolute atomic E-state index is 0. The first-order valence-corrected chi connectivity index (χ1v) is 19.4. The molecule has 0 spiro atoms. The summed E-state index contributed by atoms with van der Waals surface area (Å²) in [5, 5.41) is 0. The van der Waals surface area contributed by atoms with E-state index < -0.39 is 23.2 Å². The van der Waals surface area contributed by atoms with Gasteiger partial charge >= 0.3 is 280 Å². The van der Waals surface area contributed by atoms with Crippen molar-refractivity contribution in [2.24, 2.45) is 5.92 Å². The van der Waals surface area contributed by atoms with E-state index >= 15 is 0 Å². The van der Waals surface area contributed by atoms with Crippen LogP contribution in [0.3, 0.4) is 0 Å². The number of halogens is 2. The smallest absolute Gasteiger partial charge is 1.00 e. The Hall–Kier alpha value is -2.18. The Morgan fingerprint density at radius 3 is 1.43 bits per heavy atom. The van der Waals surface area contributed by atoms with Crippen molar-refractivity contribution < 1.29 is 48.0 Å². The van der Waals surface area contributed by atoms with Crippen LogP contribution in [0.4, 0.5) is 0 Å². The molecule has 4 aromatic carbocycles. The monoisotopic (exact) mass is 724 g/mol. The fourth-order valence-corrected chi connectivity index (χ4v) is 12.7. The van der Waals surface area contributed by atoms with Gasteiger partial charge in [0.2, 0.25) is 0 Å². The van der Waals surface area contributed by atoms with Crippen LogP contribution in [0.2, 0.25) is 0 Å². The molecule has 2 atom stereocenters. The van der Waals surface area contributed by atoms with Crippen LogP contribution < -0.4 is 24.8 Å². The van der Waals surface area contributed by atoms with Crippen molar-refractivity contribution in [3.05, 3.63) is 129 Å². The molecule has 0 fully saturated rings. The standard InChI is InChI=1S/C22H25.C21H23.2ClH.Zr/c1-15(2)18-13-17-7-6-8-20(21(17)14-18)16-9-11-19(12-10-16)22(3,4)5;1-5-15-13-17-7-6-8-19(20(17)14-15)16-9-11-18(12-10-16)21(2,3)4;;;/h6-15H,1-5H3;6-14H,5H2,1-4H3;2*1H;/q;;;;+2/p-2. The average Bonchev–Trinajstić information content (AvgIpc) is 3.55. The quantitative estimate of drug-likeness (QED) is 0.218. The van der Waals surface area contributed by atoms with Gasteiger partial charge in [-0.2, -0.15) is 0 Å². The van der Waals surface area contributed by atoms with Crippen LogP contribution in [0.25, 0.3) is 34.4 Å². The molecule has 0 aromatic heterocycles. The summed E-state index contributed by atoms with van der Waals surface area (Å²) in [6.45, 7) is 20.9. The first-order valence-electron chi connectivity index (χ1n) is 16.5. The van der Waals surface area contributed by atoms with Crippen LogP contribution >= 0.6 is 0 Å². The van der Waals surface area contributed by atoms with Crippen LogP contribution in [0.5, 0.6) is 0 Å². The molecule has 238 valence electrons. The van der Waals surface area contributed by atoms with Gasteiger partial charge in [0.05, 0.1) is 0 Å². The molecule has 46 heavy (non-hydrogen) atoms. The van der Waals surface area contributed by atoms with Crippen molar-refractivity contribution in [3.63, 3.8) is 0 Å². The van der Waals surface area contributed by atoms with Gasteiger partial charge in [-0.15, -0.1) is 0 Å². The van der Waals surface area contributed by atoms with E-state index in [1.807, 2.05) is 0 Å². The second-order valence-electron chi connectivity index (χ2n) is 15.2. The molecule has 2 aliphatic rings. The van der Waals surface area contributed by atoms with E-state index in [0.29, 0.717) is 13.2 Å². The Bertz CT molecular complexity index is 1740. The summed E-state index contributed by atoms with van der Waals surface area (Å²) in [5.74, 6) is 0.548. The van der Waals surface area contributed by atoms with Gasteiger partial charge in [-0.1, -0.05) is 0 Å². The summed E-state index contributed by atoms with van der Waals surface area (Å²) in [6, 6.07) is 32.8. The minimum atomic E-state index is -0.963. The summed E-state index contributed by atoms with van der Waals surface area (Å²) in [6.07, 6.45) is 6.27. The fourth-order valence-electron chi connectivity index (χ4n) is 7.05. The third-order valence-electron chi connectivity index (χ3n) is 9.78. The Balaban J connectivity index is 0.00000240. The van der Waals surface area contributed by atoms with E-state index in [0.717, 1.165) is 6.42 Å². The summed E-state index contributed by atoms with van der Waals surface area (Å²) in [7, 11) is 0. The maximum atomic E-state index is 2.58. The molecule has 0 heterocycles. The zero-order valence-electron chi connectivity index (χ0n) is 28.9. The predicted octanol–water partition coefficient (Wildman–Crippen LogP) is 6.35. The summed E-state index contributed by atoms with van der Waals surface area (Å²) in [5.41, 5.74) is 18.0. The largest absolute Gasteiger partial charge is 1.00 e. The Morgan fingerprint density at radius 2 is 1.02 bits per heavy atom. The second kappa shape index (κ2) is 14.1. The zero-order valence-corrected chi connectivity index (χ0v) is 32.9. The van der Waals surface area contributed by atoms with Crippen molar-refractivity contribution in [2.75, 3.05) is 0 Å². The molecule has 3 heteroatoms. The van der Waals surface area contributed by atoms with Crippen molar-refractivity contribution in [1.29, 1.82) is 0 Å². The Labute approximate surface area is 302 Å². The third-order valence-corrected chi connectivity index (χ3v) is 14.7. The second-order valence-corrected chi connectivity index (χ2v) is 18.8. The summed E-state index contributed by atoms with van der Waals surface area (Å²) >= 11 is -0.963. The molecule has 0 nitrogen and oxygen atoms in total. The molecule has 0 saturated carbocycles. The van der Waals surface area contributed by atoms with Gasteiger partial charge in [0.1, 0.15) is 0 Å². The summed E-state index contributed by atoms with van der Waals surface area (Å²) < 4.78 is 1.21. The SMILES string of the molecule is CCC1=Cc2c(-c3ccc(C(C)(C)C)cc3)cccc2[CH]1[Zr+2][CH]1C(C(C)C)=Cc2c(-c3ccc(C(C)(C)C)cc3)cccc21.[Cl-].[Cl-]. The number of hydrogen-bond acceptors (Lipinski definition) is 0. The minimum Gasteiger partial charge on any atom is -1.00 e. The molecule has 6 rings (SSSR count). The molecular weight excluding hydrogens is 679 g/mol. The van der Waals surface area contributed by atoms with Crippen molar-refractivity contribution in [3.8, 4) is 22.3 Å². The van der Waals surface area contributed by atoms with Gasteiger partial charge in [-0.3, -0.25) is 0 Å².